The summed E-state index contributed by atoms with van der Waals surface area (Å²) in [4.78, 5) is 8.29. The molecule has 104 valence electrons. The summed E-state index contributed by atoms with van der Waals surface area (Å²) in [5, 5.41) is 7.41. The Labute approximate surface area is 118 Å². The van der Waals surface area contributed by atoms with Crippen molar-refractivity contribution in [2.45, 2.75) is 26.7 Å². The molecule has 5 heteroatoms. The fourth-order valence-electron chi connectivity index (χ4n) is 1.84. The first-order chi connectivity index (χ1) is 9.58. The Morgan fingerprint density at radius 1 is 1.25 bits per heavy atom. The van der Waals surface area contributed by atoms with E-state index in [0.29, 0.717) is 17.1 Å². The minimum Gasteiger partial charge on any atom is -0.424 e. The summed E-state index contributed by atoms with van der Waals surface area (Å²) in [6.45, 7) is 3.96. The van der Waals surface area contributed by atoms with Crippen LogP contribution in [0.15, 0.2) is 30.3 Å². The van der Waals surface area contributed by atoms with Gasteiger partial charge in [-0.2, -0.15) is 4.98 Å². The number of nitrogens with zero attached hydrogens (tertiary/aromatic N) is 2. The summed E-state index contributed by atoms with van der Waals surface area (Å²) in [6, 6.07) is 9.70. The van der Waals surface area contributed by atoms with Crippen molar-refractivity contribution in [3.63, 3.8) is 0 Å². The molecule has 0 saturated heterocycles. The molecule has 0 bridgehead atoms. The third kappa shape index (κ3) is 3.54. The number of ether oxygens (including phenoxy) is 1. The minimum absolute atomic E-state index is 0.0985. The van der Waals surface area contributed by atoms with Gasteiger partial charge in [0, 0.05) is 5.69 Å². The van der Waals surface area contributed by atoms with Crippen LogP contribution in [0.2, 0.25) is 0 Å². The molecule has 2 rings (SSSR count). The molecule has 0 saturated carbocycles. The van der Waals surface area contributed by atoms with Crippen LogP contribution in [0.5, 0.6) is 11.8 Å². The SMILES string of the molecule is CCCc1ccc(Oc2nc(C)cc(C(=N)N)n2)cc1. The number of rotatable bonds is 5. The molecule has 0 amide bonds. The molecular formula is C15H18N4O. The Balaban J connectivity index is 2.19. The molecule has 2 aromatic rings. The second kappa shape index (κ2) is 6.14. The Kier molecular flexibility index (Phi) is 4.30. The van der Waals surface area contributed by atoms with Crippen molar-refractivity contribution in [1.82, 2.24) is 9.97 Å². The van der Waals surface area contributed by atoms with Crippen molar-refractivity contribution in [3.05, 3.63) is 47.3 Å². The smallest absolute Gasteiger partial charge is 0.322 e. The predicted molar refractivity (Wildman–Crippen MR) is 78.3 cm³/mol. The van der Waals surface area contributed by atoms with Crippen molar-refractivity contribution in [3.8, 4) is 11.8 Å². The monoisotopic (exact) mass is 270 g/mol. The van der Waals surface area contributed by atoms with Crippen molar-refractivity contribution in [2.24, 2.45) is 5.73 Å². The molecule has 0 aliphatic heterocycles. The van der Waals surface area contributed by atoms with Gasteiger partial charge in [0.1, 0.15) is 17.3 Å². The first kappa shape index (κ1) is 14.0. The zero-order valence-corrected chi connectivity index (χ0v) is 11.7. The quantitative estimate of drug-likeness (QED) is 0.646. The van der Waals surface area contributed by atoms with Crippen molar-refractivity contribution in [2.75, 3.05) is 0 Å². The van der Waals surface area contributed by atoms with Gasteiger partial charge in [-0.15, -0.1) is 0 Å². The largest absolute Gasteiger partial charge is 0.424 e. The van der Waals surface area contributed by atoms with Crippen molar-refractivity contribution < 1.29 is 4.74 Å². The highest BCUT2D eigenvalue weighted by atomic mass is 16.5. The lowest BCUT2D eigenvalue weighted by molar-refractivity contribution is 0.439. The van der Waals surface area contributed by atoms with Crippen LogP contribution in [0.4, 0.5) is 0 Å². The van der Waals surface area contributed by atoms with Gasteiger partial charge >= 0.3 is 6.01 Å². The third-order valence-electron chi connectivity index (χ3n) is 2.78. The molecule has 1 heterocycles. The van der Waals surface area contributed by atoms with E-state index in [2.05, 4.69) is 16.9 Å². The molecule has 1 aromatic heterocycles. The van der Waals surface area contributed by atoms with Crippen molar-refractivity contribution in [1.29, 1.82) is 5.41 Å². The summed E-state index contributed by atoms with van der Waals surface area (Å²) < 4.78 is 5.61. The van der Waals surface area contributed by atoms with E-state index in [1.54, 1.807) is 6.07 Å². The van der Waals surface area contributed by atoms with Crippen LogP contribution < -0.4 is 10.5 Å². The van der Waals surface area contributed by atoms with Gasteiger partial charge in [0.05, 0.1) is 0 Å². The van der Waals surface area contributed by atoms with E-state index in [1.165, 1.54) is 5.56 Å². The van der Waals surface area contributed by atoms with E-state index in [-0.39, 0.29) is 11.8 Å². The molecule has 0 fully saturated rings. The number of hydrogen-bond donors (Lipinski definition) is 2. The van der Waals surface area contributed by atoms with Crippen LogP contribution in [-0.4, -0.2) is 15.8 Å². The molecule has 0 unspecified atom stereocenters. The average molecular weight is 270 g/mol. The van der Waals surface area contributed by atoms with Crippen LogP contribution >= 0.6 is 0 Å². The van der Waals surface area contributed by atoms with Crippen LogP contribution in [0.3, 0.4) is 0 Å². The van der Waals surface area contributed by atoms with E-state index in [0.717, 1.165) is 12.8 Å². The molecule has 1 aromatic carbocycles. The second-order valence-electron chi connectivity index (χ2n) is 4.59. The zero-order chi connectivity index (χ0) is 14.5. The molecule has 0 aliphatic carbocycles. The number of nitrogen functional groups attached to an aromatic ring is 1. The lowest BCUT2D eigenvalue weighted by Crippen LogP contribution is -2.14. The maximum absolute atomic E-state index is 7.41. The predicted octanol–water partition coefficient (Wildman–Crippen LogP) is 2.81. The van der Waals surface area contributed by atoms with E-state index < -0.39 is 0 Å². The normalized spacial score (nSPS) is 10.3. The van der Waals surface area contributed by atoms with Crippen molar-refractivity contribution >= 4 is 5.84 Å². The van der Waals surface area contributed by atoms with E-state index in [4.69, 9.17) is 15.9 Å². The first-order valence-electron chi connectivity index (χ1n) is 6.55. The van der Waals surface area contributed by atoms with Crippen LogP contribution in [0.25, 0.3) is 0 Å². The standard InChI is InChI=1S/C15H18N4O/c1-3-4-11-5-7-12(8-6-11)20-15-18-10(2)9-13(19-15)14(16)17/h5-9H,3-4H2,1-2H3,(H3,16,17). The van der Waals surface area contributed by atoms with E-state index >= 15 is 0 Å². The molecular weight excluding hydrogens is 252 g/mol. The lowest BCUT2D eigenvalue weighted by Gasteiger charge is -2.07. The maximum Gasteiger partial charge on any atom is 0.322 e. The van der Waals surface area contributed by atoms with Gasteiger partial charge in [0.25, 0.3) is 0 Å². The summed E-state index contributed by atoms with van der Waals surface area (Å²) in [7, 11) is 0. The Bertz CT molecular complexity index is 608. The highest BCUT2D eigenvalue weighted by molar-refractivity contribution is 5.93. The van der Waals surface area contributed by atoms with Gasteiger partial charge in [-0.1, -0.05) is 25.5 Å². The molecule has 5 nitrogen and oxygen atoms in total. The van der Waals surface area contributed by atoms with Gasteiger partial charge in [0.15, 0.2) is 0 Å². The van der Waals surface area contributed by atoms with Gasteiger partial charge < -0.3 is 10.5 Å². The highest BCUT2D eigenvalue weighted by Crippen LogP contribution is 2.19. The first-order valence-corrected chi connectivity index (χ1v) is 6.55. The summed E-state index contributed by atoms with van der Waals surface area (Å²) in [5.74, 6) is 0.573. The molecule has 0 spiro atoms. The molecule has 3 N–H and O–H groups in total. The van der Waals surface area contributed by atoms with Gasteiger partial charge in [0.2, 0.25) is 0 Å². The summed E-state index contributed by atoms with van der Waals surface area (Å²) in [6.07, 6.45) is 2.17. The third-order valence-corrected chi connectivity index (χ3v) is 2.78. The molecule has 0 atom stereocenters. The number of amidine groups is 1. The number of hydrogen-bond acceptors (Lipinski definition) is 4. The number of aromatic nitrogens is 2. The lowest BCUT2D eigenvalue weighted by atomic mass is 10.1. The van der Waals surface area contributed by atoms with Gasteiger partial charge in [-0.05, 0) is 37.1 Å². The fraction of sp³-hybridized carbons (Fsp3) is 0.267. The molecule has 0 aliphatic rings. The second-order valence-corrected chi connectivity index (χ2v) is 4.59. The summed E-state index contributed by atoms with van der Waals surface area (Å²) >= 11 is 0. The number of nitrogens with two attached hydrogens (primary N) is 1. The van der Waals surface area contributed by atoms with E-state index in [1.807, 2.05) is 31.2 Å². The maximum atomic E-state index is 7.41. The fourth-order valence-corrected chi connectivity index (χ4v) is 1.84. The minimum atomic E-state index is -0.0985. The summed E-state index contributed by atoms with van der Waals surface area (Å²) in [5.41, 5.74) is 7.79. The van der Waals surface area contributed by atoms with Gasteiger partial charge in [-0.25, -0.2) is 4.98 Å². The number of benzene rings is 1. The van der Waals surface area contributed by atoms with Crippen LogP contribution in [0, 0.1) is 12.3 Å². The van der Waals surface area contributed by atoms with Gasteiger partial charge in [-0.3, -0.25) is 5.41 Å². The highest BCUT2D eigenvalue weighted by Gasteiger charge is 2.06. The Hall–Kier alpha value is -2.43. The van der Waals surface area contributed by atoms with Crippen LogP contribution in [0.1, 0.15) is 30.3 Å². The molecule has 0 radical (unpaired) electrons. The number of nitrogens with one attached hydrogen (secondary N) is 1. The zero-order valence-electron chi connectivity index (χ0n) is 11.7. The topological polar surface area (TPSA) is 84.9 Å². The Morgan fingerprint density at radius 3 is 2.55 bits per heavy atom. The van der Waals surface area contributed by atoms with E-state index in [9.17, 15) is 0 Å². The Morgan fingerprint density at radius 2 is 1.95 bits per heavy atom. The van der Waals surface area contributed by atoms with Crippen LogP contribution in [-0.2, 0) is 6.42 Å². The average Bonchev–Trinajstić information content (AvgIpc) is 2.40. The molecule has 20 heavy (non-hydrogen) atoms. The number of aryl methyl sites for hydroxylation is 2.